The molecule has 0 aliphatic rings. The molecule has 2 rings (SSSR count). The summed E-state index contributed by atoms with van der Waals surface area (Å²) >= 11 is 3.51. The second kappa shape index (κ2) is 11.4. The summed E-state index contributed by atoms with van der Waals surface area (Å²) in [6, 6.07) is 10.5. The van der Waals surface area contributed by atoms with Crippen LogP contribution in [0.2, 0.25) is 0 Å². The molecule has 0 aliphatic heterocycles. The molecule has 0 fully saturated rings. The predicted molar refractivity (Wildman–Crippen MR) is 117 cm³/mol. The van der Waals surface area contributed by atoms with E-state index in [1.165, 1.54) is 12.1 Å². The van der Waals surface area contributed by atoms with Gasteiger partial charge in [0.25, 0.3) is 0 Å². The smallest absolute Gasteiger partial charge is 0.238 e. The summed E-state index contributed by atoms with van der Waals surface area (Å²) in [6.07, 6.45) is 2.45. The van der Waals surface area contributed by atoms with Crippen molar-refractivity contribution < 1.29 is 17.9 Å². The van der Waals surface area contributed by atoms with E-state index in [1.807, 2.05) is 12.1 Å². The highest BCUT2D eigenvalue weighted by molar-refractivity contribution is 9.10. The SMILES string of the molecule is C=CCOc1c(Br)cc(CNCCc2ccc(S(N)(=O)=O)cc2)cc1OC.Cl. The van der Waals surface area contributed by atoms with E-state index in [0.717, 1.165) is 28.6 Å². The van der Waals surface area contributed by atoms with Crippen LogP contribution in [0.1, 0.15) is 11.1 Å². The average molecular weight is 492 g/mol. The van der Waals surface area contributed by atoms with E-state index in [1.54, 1.807) is 25.3 Å². The van der Waals surface area contributed by atoms with Crippen molar-refractivity contribution in [1.82, 2.24) is 5.32 Å². The van der Waals surface area contributed by atoms with E-state index in [9.17, 15) is 8.42 Å². The number of hydrogen-bond acceptors (Lipinski definition) is 5. The van der Waals surface area contributed by atoms with Crippen LogP contribution in [0.3, 0.4) is 0 Å². The molecule has 0 unspecified atom stereocenters. The van der Waals surface area contributed by atoms with Crippen LogP contribution in [0.25, 0.3) is 0 Å². The van der Waals surface area contributed by atoms with Gasteiger partial charge >= 0.3 is 0 Å². The number of sulfonamides is 1. The second-order valence-electron chi connectivity index (χ2n) is 5.82. The maximum atomic E-state index is 11.3. The Labute approximate surface area is 180 Å². The normalized spacial score (nSPS) is 10.8. The molecule has 0 spiro atoms. The molecule has 0 bridgehead atoms. The molecule has 2 aromatic carbocycles. The highest BCUT2D eigenvalue weighted by atomic mass is 79.9. The average Bonchev–Trinajstić information content (AvgIpc) is 2.63. The zero-order chi connectivity index (χ0) is 19.9. The maximum Gasteiger partial charge on any atom is 0.238 e. The molecule has 0 aliphatic carbocycles. The van der Waals surface area contributed by atoms with Gasteiger partial charge in [0.1, 0.15) is 6.61 Å². The molecule has 0 heterocycles. The summed E-state index contributed by atoms with van der Waals surface area (Å²) in [5, 5.41) is 8.46. The third-order valence-electron chi connectivity index (χ3n) is 3.81. The summed E-state index contributed by atoms with van der Waals surface area (Å²) in [5.74, 6) is 1.30. The minimum Gasteiger partial charge on any atom is -0.493 e. The highest BCUT2D eigenvalue weighted by Gasteiger charge is 2.11. The molecule has 0 atom stereocenters. The molecule has 3 N–H and O–H groups in total. The lowest BCUT2D eigenvalue weighted by molar-refractivity contribution is 0.324. The van der Waals surface area contributed by atoms with Crippen molar-refractivity contribution in [3.8, 4) is 11.5 Å². The van der Waals surface area contributed by atoms with E-state index < -0.39 is 10.0 Å². The minimum absolute atomic E-state index is 0. The van der Waals surface area contributed by atoms with Crippen LogP contribution in [-0.4, -0.2) is 28.7 Å². The number of primary sulfonamides is 1. The molecule has 6 nitrogen and oxygen atoms in total. The Morgan fingerprint density at radius 1 is 1.21 bits per heavy atom. The molecule has 0 amide bonds. The molecular weight excluding hydrogens is 468 g/mol. The quantitative estimate of drug-likeness (QED) is 0.392. The van der Waals surface area contributed by atoms with Crippen molar-refractivity contribution in [2.75, 3.05) is 20.3 Å². The van der Waals surface area contributed by atoms with Crippen LogP contribution in [0.15, 0.2) is 58.4 Å². The van der Waals surface area contributed by atoms with Gasteiger partial charge in [-0.05, 0) is 64.3 Å². The summed E-state index contributed by atoms with van der Waals surface area (Å²) in [6.45, 7) is 5.44. The topological polar surface area (TPSA) is 90.6 Å². The minimum atomic E-state index is -3.65. The first-order valence-electron chi connectivity index (χ1n) is 8.27. The number of hydrogen-bond donors (Lipinski definition) is 2. The van der Waals surface area contributed by atoms with Crippen LogP contribution in [0.4, 0.5) is 0 Å². The molecule has 9 heteroatoms. The van der Waals surface area contributed by atoms with Crippen molar-refractivity contribution >= 4 is 38.4 Å². The maximum absolute atomic E-state index is 11.3. The first-order valence-corrected chi connectivity index (χ1v) is 10.6. The Bertz CT molecular complexity index is 890. The van der Waals surface area contributed by atoms with Crippen LogP contribution in [0.5, 0.6) is 11.5 Å². The molecule has 154 valence electrons. The third kappa shape index (κ3) is 7.10. The monoisotopic (exact) mass is 490 g/mol. The van der Waals surface area contributed by atoms with Crippen LogP contribution in [-0.2, 0) is 23.0 Å². The zero-order valence-electron chi connectivity index (χ0n) is 15.5. The predicted octanol–water partition coefficient (Wildman–Crippen LogP) is 3.42. The fourth-order valence-corrected chi connectivity index (χ4v) is 3.59. The summed E-state index contributed by atoms with van der Waals surface area (Å²) in [7, 11) is -2.05. The Morgan fingerprint density at radius 3 is 2.46 bits per heavy atom. The Balaban J connectivity index is 0.00000392. The van der Waals surface area contributed by atoms with Crippen LogP contribution in [0, 0.1) is 0 Å². The van der Waals surface area contributed by atoms with E-state index in [4.69, 9.17) is 14.6 Å². The van der Waals surface area contributed by atoms with E-state index in [0.29, 0.717) is 24.7 Å². The van der Waals surface area contributed by atoms with Gasteiger partial charge in [-0.15, -0.1) is 12.4 Å². The zero-order valence-corrected chi connectivity index (χ0v) is 18.7. The standard InChI is InChI=1S/C19H23BrN2O4S.ClH/c1-3-10-26-19-17(20)11-15(12-18(19)25-2)13-22-9-8-14-4-6-16(7-5-14)27(21,23)24;/h3-7,11-12,22H,1,8-10,13H2,2H3,(H2,21,23,24);1H. The van der Waals surface area contributed by atoms with Gasteiger partial charge in [0.05, 0.1) is 16.5 Å². The number of methoxy groups -OCH3 is 1. The van der Waals surface area contributed by atoms with Crippen molar-refractivity contribution in [2.24, 2.45) is 5.14 Å². The van der Waals surface area contributed by atoms with Gasteiger partial charge in [-0.1, -0.05) is 24.8 Å². The summed E-state index contributed by atoms with van der Waals surface area (Å²) < 4.78 is 34.4. The fraction of sp³-hybridized carbons (Fsp3) is 0.263. The van der Waals surface area contributed by atoms with E-state index in [2.05, 4.69) is 27.8 Å². The Morgan fingerprint density at radius 2 is 1.89 bits per heavy atom. The first-order chi connectivity index (χ1) is 12.8. The van der Waals surface area contributed by atoms with Crippen molar-refractivity contribution in [3.63, 3.8) is 0 Å². The van der Waals surface area contributed by atoms with Crippen molar-refractivity contribution in [2.45, 2.75) is 17.9 Å². The molecule has 28 heavy (non-hydrogen) atoms. The molecular formula is C19H24BrClN2O4S. The van der Waals surface area contributed by atoms with Crippen molar-refractivity contribution in [3.05, 3.63) is 64.7 Å². The van der Waals surface area contributed by atoms with Crippen LogP contribution < -0.4 is 19.9 Å². The van der Waals surface area contributed by atoms with Gasteiger partial charge in [0.15, 0.2) is 11.5 Å². The van der Waals surface area contributed by atoms with Crippen molar-refractivity contribution in [1.29, 1.82) is 0 Å². The lowest BCUT2D eigenvalue weighted by Crippen LogP contribution is -2.17. The third-order valence-corrected chi connectivity index (χ3v) is 5.32. The highest BCUT2D eigenvalue weighted by Crippen LogP contribution is 2.36. The Hall–Kier alpha value is -1.58. The molecule has 0 radical (unpaired) electrons. The number of benzene rings is 2. The van der Waals surface area contributed by atoms with E-state index >= 15 is 0 Å². The first kappa shape index (κ1) is 24.5. The van der Waals surface area contributed by atoms with Gasteiger partial charge in [0.2, 0.25) is 10.0 Å². The fourth-order valence-electron chi connectivity index (χ4n) is 2.47. The van der Waals surface area contributed by atoms with Gasteiger partial charge in [-0.25, -0.2) is 13.6 Å². The Kier molecular flexibility index (Phi) is 9.98. The van der Waals surface area contributed by atoms with Gasteiger partial charge < -0.3 is 14.8 Å². The number of ether oxygens (including phenoxy) is 2. The molecule has 0 aromatic heterocycles. The molecule has 2 aromatic rings. The number of nitrogens with two attached hydrogens (primary N) is 1. The van der Waals surface area contributed by atoms with Crippen LogP contribution >= 0.6 is 28.3 Å². The largest absolute Gasteiger partial charge is 0.493 e. The van der Waals surface area contributed by atoms with Gasteiger partial charge in [-0.2, -0.15) is 0 Å². The molecule has 0 saturated carbocycles. The summed E-state index contributed by atoms with van der Waals surface area (Å²) in [5.41, 5.74) is 2.08. The number of rotatable bonds is 10. The van der Waals surface area contributed by atoms with E-state index in [-0.39, 0.29) is 17.3 Å². The lowest BCUT2D eigenvalue weighted by Gasteiger charge is -2.14. The number of halogens is 2. The molecule has 0 saturated heterocycles. The van der Waals surface area contributed by atoms with Gasteiger partial charge in [-0.3, -0.25) is 0 Å². The summed E-state index contributed by atoms with van der Waals surface area (Å²) in [4.78, 5) is 0.120. The number of nitrogens with one attached hydrogen (secondary N) is 1. The second-order valence-corrected chi connectivity index (χ2v) is 8.24. The lowest BCUT2D eigenvalue weighted by atomic mass is 10.1. The van der Waals surface area contributed by atoms with Gasteiger partial charge in [0, 0.05) is 6.54 Å².